The largest absolute Gasteiger partial charge is 0.379 e. The van der Waals surface area contributed by atoms with Crippen LogP contribution in [0.5, 0.6) is 0 Å². The molecule has 0 atom stereocenters. The van der Waals surface area contributed by atoms with Crippen molar-refractivity contribution in [3.8, 4) is 0 Å². The molecule has 0 saturated carbocycles. The standard InChI is InChI=1S/C18H18ClFN2O4S/c1-12-2-4-14(27(24,25)22-6-8-26-9-7-22)11-17(12)21-18(23)15-5-3-13(19)10-16(15)20/h2-5,10-11H,6-9H2,1H3,(H,21,23). The van der Waals surface area contributed by atoms with E-state index >= 15 is 0 Å². The summed E-state index contributed by atoms with van der Waals surface area (Å²) in [5.74, 6) is -1.44. The second-order valence-corrected chi connectivity index (χ2v) is 8.45. The van der Waals surface area contributed by atoms with Crippen LogP contribution in [0.2, 0.25) is 5.02 Å². The minimum absolute atomic E-state index is 0.0573. The van der Waals surface area contributed by atoms with Crippen LogP contribution in [0.25, 0.3) is 0 Å². The molecule has 27 heavy (non-hydrogen) atoms. The smallest absolute Gasteiger partial charge is 0.258 e. The number of benzene rings is 2. The SMILES string of the molecule is Cc1ccc(S(=O)(=O)N2CCOCC2)cc1NC(=O)c1ccc(Cl)cc1F. The Labute approximate surface area is 161 Å². The van der Waals surface area contributed by atoms with Crippen LogP contribution in [0.1, 0.15) is 15.9 Å². The summed E-state index contributed by atoms with van der Waals surface area (Å²) in [4.78, 5) is 12.4. The number of carbonyl (C=O) groups is 1. The first-order valence-corrected chi connectivity index (χ1v) is 10.1. The van der Waals surface area contributed by atoms with Gasteiger partial charge in [-0.05, 0) is 42.8 Å². The highest BCUT2D eigenvalue weighted by atomic mass is 35.5. The van der Waals surface area contributed by atoms with Gasteiger partial charge in [0.2, 0.25) is 10.0 Å². The second kappa shape index (κ2) is 7.93. The van der Waals surface area contributed by atoms with Crippen LogP contribution < -0.4 is 5.32 Å². The van der Waals surface area contributed by atoms with Gasteiger partial charge in [-0.25, -0.2) is 12.8 Å². The van der Waals surface area contributed by atoms with Crippen molar-refractivity contribution < 1.29 is 22.3 Å². The van der Waals surface area contributed by atoms with E-state index in [0.29, 0.717) is 24.5 Å². The summed E-state index contributed by atoms with van der Waals surface area (Å²) >= 11 is 5.70. The molecule has 3 rings (SSSR count). The van der Waals surface area contributed by atoms with Crippen molar-refractivity contribution in [3.05, 3.63) is 58.4 Å². The number of hydrogen-bond donors (Lipinski definition) is 1. The molecule has 0 aliphatic carbocycles. The summed E-state index contributed by atoms with van der Waals surface area (Å²) < 4.78 is 46.0. The van der Waals surface area contributed by atoms with Crippen molar-refractivity contribution in [2.75, 3.05) is 31.6 Å². The van der Waals surface area contributed by atoms with Crippen molar-refractivity contribution in [3.63, 3.8) is 0 Å². The third-order valence-electron chi connectivity index (χ3n) is 4.24. The van der Waals surface area contributed by atoms with Gasteiger partial charge in [0.1, 0.15) is 5.82 Å². The number of ether oxygens (including phenoxy) is 1. The molecule has 0 aromatic heterocycles. The van der Waals surface area contributed by atoms with Gasteiger partial charge < -0.3 is 10.1 Å². The number of hydrogen-bond acceptors (Lipinski definition) is 4. The Kier molecular flexibility index (Phi) is 5.81. The zero-order valence-electron chi connectivity index (χ0n) is 14.5. The minimum atomic E-state index is -3.70. The fourth-order valence-corrected chi connectivity index (χ4v) is 4.29. The van der Waals surface area contributed by atoms with Crippen LogP contribution in [0.3, 0.4) is 0 Å². The lowest BCUT2D eigenvalue weighted by atomic mass is 10.1. The molecule has 0 bridgehead atoms. The van der Waals surface area contributed by atoms with Gasteiger partial charge in [-0.15, -0.1) is 0 Å². The number of carbonyl (C=O) groups excluding carboxylic acids is 1. The number of nitrogens with one attached hydrogen (secondary N) is 1. The van der Waals surface area contributed by atoms with Crippen molar-refractivity contribution in [2.45, 2.75) is 11.8 Å². The molecule has 9 heteroatoms. The van der Waals surface area contributed by atoms with Crippen LogP contribution in [0.4, 0.5) is 10.1 Å². The fourth-order valence-electron chi connectivity index (χ4n) is 2.70. The molecule has 144 valence electrons. The van der Waals surface area contributed by atoms with Crippen molar-refractivity contribution in [1.29, 1.82) is 0 Å². The van der Waals surface area contributed by atoms with Crippen molar-refractivity contribution in [1.82, 2.24) is 4.31 Å². The van der Waals surface area contributed by atoms with Gasteiger partial charge >= 0.3 is 0 Å². The summed E-state index contributed by atoms with van der Waals surface area (Å²) in [5, 5.41) is 2.75. The molecule has 2 aromatic carbocycles. The highest BCUT2D eigenvalue weighted by Crippen LogP contribution is 2.25. The molecule has 1 N–H and O–H groups in total. The molecule has 2 aromatic rings. The zero-order valence-corrected chi connectivity index (χ0v) is 16.1. The molecule has 1 aliphatic heterocycles. The van der Waals surface area contributed by atoms with E-state index in [2.05, 4.69) is 5.32 Å². The van der Waals surface area contributed by atoms with E-state index in [9.17, 15) is 17.6 Å². The number of anilines is 1. The van der Waals surface area contributed by atoms with Gasteiger partial charge in [-0.1, -0.05) is 17.7 Å². The first-order valence-electron chi connectivity index (χ1n) is 8.24. The topological polar surface area (TPSA) is 75.7 Å². The van der Waals surface area contributed by atoms with E-state index in [1.54, 1.807) is 13.0 Å². The minimum Gasteiger partial charge on any atom is -0.379 e. The Hall–Kier alpha value is -2.00. The second-order valence-electron chi connectivity index (χ2n) is 6.07. The predicted molar refractivity (Wildman–Crippen MR) is 100 cm³/mol. The number of sulfonamides is 1. The Balaban J connectivity index is 1.88. The first kappa shape index (κ1) is 19.8. The predicted octanol–water partition coefficient (Wildman–Crippen LogP) is 3.06. The molecule has 6 nitrogen and oxygen atoms in total. The van der Waals surface area contributed by atoms with Crippen LogP contribution in [-0.2, 0) is 14.8 Å². The number of morpholine rings is 1. The van der Waals surface area contributed by atoms with Gasteiger partial charge in [-0.3, -0.25) is 4.79 Å². The molecular formula is C18H18ClFN2O4S. The number of rotatable bonds is 4. The Morgan fingerprint density at radius 2 is 1.89 bits per heavy atom. The molecule has 0 unspecified atom stereocenters. The lowest BCUT2D eigenvalue weighted by Gasteiger charge is -2.26. The summed E-state index contributed by atoms with van der Waals surface area (Å²) in [6.45, 7) is 2.94. The van der Waals surface area contributed by atoms with E-state index in [-0.39, 0.29) is 28.6 Å². The molecule has 0 radical (unpaired) electrons. The van der Waals surface area contributed by atoms with Gasteiger partial charge in [0.25, 0.3) is 5.91 Å². The van der Waals surface area contributed by atoms with Crippen LogP contribution in [0, 0.1) is 12.7 Å². The van der Waals surface area contributed by atoms with E-state index in [1.807, 2.05) is 0 Å². The van der Waals surface area contributed by atoms with Crippen LogP contribution in [-0.4, -0.2) is 44.9 Å². The highest BCUT2D eigenvalue weighted by Gasteiger charge is 2.27. The number of nitrogens with zero attached hydrogens (tertiary/aromatic N) is 1. The lowest BCUT2D eigenvalue weighted by Crippen LogP contribution is -2.40. The molecule has 1 heterocycles. The maximum atomic E-state index is 14.0. The third kappa shape index (κ3) is 4.30. The van der Waals surface area contributed by atoms with E-state index in [4.69, 9.17) is 16.3 Å². The van der Waals surface area contributed by atoms with Crippen LogP contribution >= 0.6 is 11.6 Å². The number of halogens is 2. The van der Waals surface area contributed by atoms with Crippen molar-refractivity contribution >= 4 is 33.2 Å². The molecule has 1 fully saturated rings. The molecule has 0 spiro atoms. The Bertz CT molecular complexity index is 975. The summed E-state index contributed by atoms with van der Waals surface area (Å²) in [6.07, 6.45) is 0. The summed E-state index contributed by atoms with van der Waals surface area (Å²) in [5.41, 5.74) is 0.766. The Morgan fingerprint density at radius 1 is 1.19 bits per heavy atom. The van der Waals surface area contributed by atoms with Crippen molar-refractivity contribution in [2.24, 2.45) is 0 Å². The summed E-state index contributed by atoms with van der Waals surface area (Å²) in [7, 11) is -3.70. The average Bonchev–Trinajstić information content (AvgIpc) is 2.64. The first-order chi connectivity index (χ1) is 12.8. The molecule has 1 amide bonds. The van der Waals surface area contributed by atoms with Gasteiger partial charge in [0, 0.05) is 23.8 Å². The monoisotopic (exact) mass is 412 g/mol. The quantitative estimate of drug-likeness (QED) is 0.837. The molecule has 1 aliphatic rings. The lowest BCUT2D eigenvalue weighted by molar-refractivity contribution is 0.0730. The van der Waals surface area contributed by atoms with E-state index < -0.39 is 21.7 Å². The zero-order chi connectivity index (χ0) is 19.6. The molecule has 1 saturated heterocycles. The van der Waals surface area contributed by atoms with Crippen LogP contribution in [0.15, 0.2) is 41.3 Å². The maximum Gasteiger partial charge on any atom is 0.258 e. The fraction of sp³-hybridized carbons (Fsp3) is 0.278. The number of aryl methyl sites for hydroxylation is 1. The van der Waals surface area contributed by atoms with Gasteiger partial charge in [0.15, 0.2) is 0 Å². The van der Waals surface area contributed by atoms with Gasteiger partial charge in [-0.2, -0.15) is 4.31 Å². The number of amides is 1. The Morgan fingerprint density at radius 3 is 2.56 bits per heavy atom. The summed E-state index contributed by atoms with van der Waals surface area (Å²) in [6, 6.07) is 8.19. The van der Waals surface area contributed by atoms with Gasteiger partial charge in [0.05, 0.1) is 23.7 Å². The van der Waals surface area contributed by atoms with E-state index in [1.165, 1.54) is 28.6 Å². The average molecular weight is 413 g/mol. The third-order valence-corrected chi connectivity index (χ3v) is 6.37. The van der Waals surface area contributed by atoms with E-state index in [0.717, 1.165) is 6.07 Å². The molecular weight excluding hydrogens is 395 g/mol. The highest BCUT2D eigenvalue weighted by molar-refractivity contribution is 7.89. The maximum absolute atomic E-state index is 14.0. The normalized spacial score (nSPS) is 15.5.